The van der Waals surface area contributed by atoms with Gasteiger partial charge in [0, 0.05) is 6.61 Å². The van der Waals surface area contributed by atoms with E-state index < -0.39 is 6.25 Å². The van der Waals surface area contributed by atoms with Crippen LogP contribution in [0.1, 0.15) is 44.9 Å². The minimum absolute atomic E-state index is 0.579. The fraction of sp³-hybridized carbons (Fsp3) is 0.800. The van der Waals surface area contributed by atoms with Gasteiger partial charge < -0.3 is 4.43 Å². The molecule has 0 saturated heterocycles. The zero-order chi connectivity index (χ0) is 11.6. The summed E-state index contributed by atoms with van der Waals surface area (Å²) in [7, 11) is 0. The minimum Gasteiger partial charge on any atom is -0.381 e. The van der Waals surface area contributed by atoms with Crippen molar-refractivity contribution < 1.29 is 4.43 Å². The van der Waals surface area contributed by atoms with E-state index in [1.165, 1.54) is 25.7 Å². The number of hydrogen-bond acceptors (Lipinski definition) is 1. The van der Waals surface area contributed by atoms with Crippen molar-refractivity contribution in [3.63, 3.8) is 0 Å². The molecule has 0 spiro atoms. The zero-order valence-electron chi connectivity index (χ0n) is 8.98. The molecule has 15 heavy (non-hydrogen) atoms. The Morgan fingerprint density at radius 1 is 0.933 bits per heavy atom. The molecule has 0 aliphatic heterocycles. The lowest BCUT2D eigenvalue weighted by Gasteiger charge is -2.08. The topological polar surface area (TPSA) is 9.23 Å². The van der Waals surface area contributed by atoms with Crippen LogP contribution in [0.2, 0.25) is 0 Å². The number of unbranched alkanes of at least 4 members (excludes halogenated alkanes) is 6. The normalized spacial score (nSPS) is 11.7. The van der Waals surface area contributed by atoms with Crippen molar-refractivity contribution in [2.24, 2.45) is 0 Å². The first kappa shape index (κ1) is 15.8. The molecule has 0 radical (unpaired) electrons. The van der Waals surface area contributed by atoms with Crippen LogP contribution in [-0.2, 0) is 4.43 Å². The lowest BCUT2D eigenvalue weighted by atomic mass is 10.1. The second kappa shape index (κ2) is 9.97. The highest BCUT2D eigenvalue weighted by molar-refractivity contribution is 7.62. The van der Waals surface area contributed by atoms with E-state index in [0.29, 0.717) is 6.61 Å². The van der Waals surface area contributed by atoms with Gasteiger partial charge in [-0.15, -0.1) is 6.58 Å². The molecule has 90 valence electrons. The third-order valence-electron chi connectivity index (χ3n) is 2.07. The maximum atomic E-state index is 5.57. The summed E-state index contributed by atoms with van der Waals surface area (Å²) < 4.78 is 5.10. The summed E-state index contributed by atoms with van der Waals surface area (Å²) >= 11 is 16.7. The van der Waals surface area contributed by atoms with Gasteiger partial charge in [0.05, 0.1) is 0 Å². The molecule has 0 aromatic heterocycles. The largest absolute Gasteiger partial charge is 0.493 e. The van der Waals surface area contributed by atoms with Crippen LogP contribution in [0.25, 0.3) is 0 Å². The van der Waals surface area contributed by atoms with Gasteiger partial charge in [0.2, 0.25) is 0 Å². The number of hydrogen-bond donors (Lipinski definition) is 0. The third kappa shape index (κ3) is 14.8. The fourth-order valence-electron chi connectivity index (χ4n) is 1.29. The molecule has 0 unspecified atom stereocenters. The number of halogens is 3. The van der Waals surface area contributed by atoms with E-state index in [2.05, 4.69) is 6.58 Å². The van der Waals surface area contributed by atoms with E-state index >= 15 is 0 Å². The Hall–Kier alpha value is 0.787. The molecule has 0 atom stereocenters. The van der Waals surface area contributed by atoms with Gasteiger partial charge in [-0.2, -0.15) is 0 Å². The molecule has 0 heterocycles. The van der Waals surface area contributed by atoms with Gasteiger partial charge in [-0.1, -0.05) is 65.0 Å². The SMILES string of the molecule is C=CCCCCCCCCO[Si](Cl)(Cl)Cl. The second-order valence-corrected chi connectivity index (χ2v) is 11.2. The van der Waals surface area contributed by atoms with E-state index in [1.54, 1.807) is 0 Å². The molecule has 0 fully saturated rings. The molecular weight excluding hydrogens is 271 g/mol. The van der Waals surface area contributed by atoms with E-state index in [-0.39, 0.29) is 0 Å². The first-order chi connectivity index (χ1) is 7.06. The van der Waals surface area contributed by atoms with Crippen LogP contribution in [0.15, 0.2) is 12.7 Å². The highest BCUT2D eigenvalue weighted by Gasteiger charge is 2.26. The van der Waals surface area contributed by atoms with Gasteiger partial charge in [-0.05, 0) is 19.3 Å². The Morgan fingerprint density at radius 2 is 1.47 bits per heavy atom. The average molecular weight is 290 g/mol. The van der Waals surface area contributed by atoms with Crippen molar-refractivity contribution in [1.29, 1.82) is 0 Å². The Morgan fingerprint density at radius 3 is 2.00 bits per heavy atom. The Balaban J connectivity index is 3.02. The predicted octanol–water partition coefficient (Wildman–Crippen LogP) is 5.07. The molecule has 0 rings (SSSR count). The van der Waals surface area contributed by atoms with Crippen molar-refractivity contribution >= 4 is 39.5 Å². The van der Waals surface area contributed by atoms with Gasteiger partial charge in [0.15, 0.2) is 0 Å². The quantitative estimate of drug-likeness (QED) is 0.236. The van der Waals surface area contributed by atoms with Crippen LogP contribution < -0.4 is 0 Å². The maximum Gasteiger partial charge on any atom is 0.493 e. The predicted molar refractivity (Wildman–Crippen MR) is 71.8 cm³/mol. The van der Waals surface area contributed by atoms with Crippen molar-refractivity contribution in [2.45, 2.75) is 44.9 Å². The van der Waals surface area contributed by atoms with Crippen LogP contribution in [-0.4, -0.2) is 12.9 Å². The van der Waals surface area contributed by atoms with Gasteiger partial charge >= 0.3 is 6.25 Å². The maximum absolute atomic E-state index is 5.57. The van der Waals surface area contributed by atoms with Crippen LogP contribution in [0.3, 0.4) is 0 Å². The summed E-state index contributed by atoms with van der Waals surface area (Å²) in [4.78, 5) is 0. The summed E-state index contributed by atoms with van der Waals surface area (Å²) in [5, 5.41) is 0. The number of allylic oxidation sites excluding steroid dienone is 1. The van der Waals surface area contributed by atoms with Crippen molar-refractivity contribution in [3.8, 4) is 0 Å². The van der Waals surface area contributed by atoms with Crippen LogP contribution >= 0.6 is 33.2 Å². The van der Waals surface area contributed by atoms with E-state index in [9.17, 15) is 0 Å². The van der Waals surface area contributed by atoms with Crippen LogP contribution in [0, 0.1) is 0 Å². The second-order valence-electron chi connectivity index (χ2n) is 3.49. The summed E-state index contributed by atoms with van der Waals surface area (Å²) in [5.41, 5.74) is 0. The molecule has 1 nitrogen and oxygen atoms in total. The van der Waals surface area contributed by atoms with E-state index in [4.69, 9.17) is 37.7 Å². The van der Waals surface area contributed by atoms with Crippen LogP contribution in [0.4, 0.5) is 0 Å². The monoisotopic (exact) mass is 288 g/mol. The molecule has 0 aliphatic rings. The Kier molecular flexibility index (Phi) is 10.5. The Labute approximate surface area is 108 Å². The fourth-order valence-corrected chi connectivity index (χ4v) is 2.36. The lowest BCUT2D eigenvalue weighted by Crippen LogP contribution is -2.16. The van der Waals surface area contributed by atoms with Gasteiger partial charge in [-0.25, -0.2) is 0 Å². The summed E-state index contributed by atoms with van der Waals surface area (Å²) in [6.45, 7) is 4.27. The average Bonchev–Trinajstić information content (AvgIpc) is 2.14. The van der Waals surface area contributed by atoms with Gasteiger partial charge in [-0.3, -0.25) is 0 Å². The third-order valence-corrected chi connectivity index (χ3v) is 3.58. The molecule has 0 N–H and O–H groups in total. The summed E-state index contributed by atoms with van der Waals surface area (Å²) in [6.07, 6.45) is 7.46. The summed E-state index contributed by atoms with van der Waals surface area (Å²) in [6, 6.07) is 0. The molecule has 0 aliphatic carbocycles. The first-order valence-corrected chi connectivity index (χ1v) is 10.3. The first-order valence-electron chi connectivity index (χ1n) is 5.38. The summed E-state index contributed by atoms with van der Waals surface area (Å²) in [5.74, 6) is 0. The molecule has 0 bridgehead atoms. The smallest absolute Gasteiger partial charge is 0.381 e. The molecule has 5 heteroatoms. The minimum atomic E-state index is -2.84. The van der Waals surface area contributed by atoms with Crippen molar-refractivity contribution in [3.05, 3.63) is 12.7 Å². The zero-order valence-corrected chi connectivity index (χ0v) is 12.3. The Bertz CT molecular complexity index is 159. The van der Waals surface area contributed by atoms with Gasteiger partial charge in [0.1, 0.15) is 0 Å². The van der Waals surface area contributed by atoms with E-state index in [1.807, 2.05) is 6.08 Å². The number of rotatable bonds is 10. The molecule has 0 aromatic carbocycles. The van der Waals surface area contributed by atoms with Crippen molar-refractivity contribution in [2.75, 3.05) is 6.61 Å². The molecule has 0 amide bonds. The lowest BCUT2D eigenvalue weighted by molar-refractivity contribution is 0.320. The molecular formula is C10H19Cl3OSi. The molecule has 0 aromatic rings. The highest BCUT2D eigenvalue weighted by atomic mass is 35.8. The van der Waals surface area contributed by atoms with Gasteiger partial charge in [0.25, 0.3) is 0 Å². The standard InChI is InChI=1S/C10H19Cl3OSi/c1-2-3-4-5-6-7-8-9-10-14-15(11,12)13/h2H,1,3-10H2. The highest BCUT2D eigenvalue weighted by Crippen LogP contribution is 2.21. The van der Waals surface area contributed by atoms with E-state index in [0.717, 1.165) is 19.3 Å². The molecule has 0 saturated carbocycles. The van der Waals surface area contributed by atoms with Crippen molar-refractivity contribution in [1.82, 2.24) is 0 Å². The van der Waals surface area contributed by atoms with Crippen LogP contribution in [0.5, 0.6) is 0 Å².